The Morgan fingerprint density at radius 1 is 1.77 bits per heavy atom. The molecule has 0 aliphatic rings. The van der Waals surface area contributed by atoms with Crippen molar-refractivity contribution in [2.75, 3.05) is 6.54 Å². The zero-order valence-electron chi connectivity index (χ0n) is 7.99. The number of hydrogen-bond donors (Lipinski definition) is 1. The van der Waals surface area contributed by atoms with E-state index in [4.69, 9.17) is 5.26 Å². The molecule has 4 nitrogen and oxygen atoms in total. The average Bonchev–Trinajstić information content (AvgIpc) is 2.51. The van der Waals surface area contributed by atoms with E-state index in [1.807, 2.05) is 26.2 Å². The zero-order chi connectivity index (χ0) is 9.68. The van der Waals surface area contributed by atoms with Crippen LogP contribution in [0.2, 0.25) is 0 Å². The highest BCUT2D eigenvalue weighted by Crippen LogP contribution is 1.94. The largest absolute Gasteiger partial charge is 0.310 e. The number of hydrogen-bond acceptors (Lipinski definition) is 3. The van der Waals surface area contributed by atoms with Gasteiger partial charge >= 0.3 is 0 Å². The third-order valence-electron chi connectivity index (χ3n) is 1.75. The highest BCUT2D eigenvalue weighted by Gasteiger charge is 1.99. The van der Waals surface area contributed by atoms with Crippen molar-refractivity contribution in [1.82, 2.24) is 15.1 Å². The Morgan fingerprint density at radius 3 is 3.08 bits per heavy atom. The van der Waals surface area contributed by atoms with Crippen LogP contribution in [0.4, 0.5) is 0 Å². The van der Waals surface area contributed by atoms with Gasteiger partial charge in [-0.25, -0.2) is 0 Å². The maximum atomic E-state index is 8.53. The van der Waals surface area contributed by atoms with Crippen molar-refractivity contribution < 1.29 is 0 Å². The molecule has 4 heteroatoms. The zero-order valence-corrected chi connectivity index (χ0v) is 7.99. The first-order valence-electron chi connectivity index (χ1n) is 4.31. The van der Waals surface area contributed by atoms with Crippen molar-refractivity contribution in [3.63, 3.8) is 0 Å². The molecule has 13 heavy (non-hydrogen) atoms. The lowest BCUT2D eigenvalue weighted by Crippen LogP contribution is -2.20. The van der Waals surface area contributed by atoms with Crippen LogP contribution in [-0.2, 0) is 13.6 Å². The standard InChI is InChI=1S/C9H14N4/c1-8(5-10)6-11-7-9-3-4-13(2)12-9/h3-4,8,11H,6-7H2,1-2H3. The van der Waals surface area contributed by atoms with Crippen molar-refractivity contribution in [1.29, 1.82) is 5.26 Å². The molecule has 70 valence electrons. The van der Waals surface area contributed by atoms with Gasteiger partial charge in [-0.05, 0) is 13.0 Å². The van der Waals surface area contributed by atoms with Crippen LogP contribution in [0.15, 0.2) is 12.3 Å². The SMILES string of the molecule is CC(C#N)CNCc1ccn(C)n1. The molecule has 0 spiro atoms. The Bertz CT molecular complexity index is 297. The quantitative estimate of drug-likeness (QED) is 0.737. The molecule has 0 saturated heterocycles. The minimum atomic E-state index is 0.0590. The Kier molecular flexibility index (Phi) is 3.47. The summed E-state index contributed by atoms with van der Waals surface area (Å²) < 4.78 is 1.77. The minimum absolute atomic E-state index is 0.0590. The topological polar surface area (TPSA) is 53.6 Å². The molecule has 1 aromatic heterocycles. The summed E-state index contributed by atoms with van der Waals surface area (Å²) >= 11 is 0. The predicted octanol–water partition coefficient (Wildman–Crippen LogP) is 0.669. The second kappa shape index (κ2) is 4.63. The van der Waals surface area contributed by atoms with Gasteiger partial charge in [0.15, 0.2) is 0 Å². The van der Waals surface area contributed by atoms with Gasteiger partial charge in [0.05, 0.1) is 17.7 Å². The molecule has 1 rings (SSSR count). The fourth-order valence-electron chi connectivity index (χ4n) is 1.02. The lowest BCUT2D eigenvalue weighted by atomic mass is 10.2. The minimum Gasteiger partial charge on any atom is -0.310 e. The second-order valence-electron chi connectivity index (χ2n) is 3.14. The van der Waals surface area contributed by atoms with Crippen molar-refractivity contribution in [2.24, 2.45) is 13.0 Å². The van der Waals surface area contributed by atoms with Crippen LogP contribution in [0.3, 0.4) is 0 Å². The summed E-state index contributed by atoms with van der Waals surface area (Å²) in [6.07, 6.45) is 1.91. The van der Waals surface area contributed by atoms with E-state index in [1.165, 1.54) is 0 Å². The first-order valence-corrected chi connectivity index (χ1v) is 4.31. The van der Waals surface area contributed by atoms with Gasteiger partial charge in [0, 0.05) is 26.3 Å². The predicted molar refractivity (Wildman–Crippen MR) is 49.7 cm³/mol. The number of aryl methyl sites for hydroxylation is 1. The van der Waals surface area contributed by atoms with Crippen LogP contribution in [0, 0.1) is 17.2 Å². The van der Waals surface area contributed by atoms with Crippen molar-refractivity contribution in [3.8, 4) is 6.07 Å². The molecular weight excluding hydrogens is 164 g/mol. The van der Waals surface area contributed by atoms with Crippen molar-refractivity contribution in [2.45, 2.75) is 13.5 Å². The third-order valence-corrected chi connectivity index (χ3v) is 1.75. The maximum Gasteiger partial charge on any atom is 0.0762 e. The fourth-order valence-corrected chi connectivity index (χ4v) is 1.02. The summed E-state index contributed by atoms with van der Waals surface area (Å²) in [5.74, 6) is 0.0590. The number of nitrogens with zero attached hydrogens (tertiary/aromatic N) is 3. The Morgan fingerprint density at radius 2 is 2.54 bits per heavy atom. The molecule has 1 N–H and O–H groups in total. The van der Waals surface area contributed by atoms with E-state index in [1.54, 1.807) is 4.68 Å². The summed E-state index contributed by atoms with van der Waals surface area (Å²) in [5.41, 5.74) is 1.01. The highest BCUT2D eigenvalue weighted by atomic mass is 15.3. The number of aromatic nitrogens is 2. The van der Waals surface area contributed by atoms with Gasteiger partial charge in [-0.3, -0.25) is 4.68 Å². The summed E-state index contributed by atoms with van der Waals surface area (Å²) in [6, 6.07) is 4.13. The first-order chi connectivity index (χ1) is 6.22. The molecule has 1 heterocycles. The summed E-state index contributed by atoms with van der Waals surface area (Å²) in [4.78, 5) is 0. The highest BCUT2D eigenvalue weighted by molar-refractivity contribution is 4.98. The second-order valence-corrected chi connectivity index (χ2v) is 3.14. The summed E-state index contributed by atoms with van der Waals surface area (Å²) in [6.45, 7) is 3.34. The fraction of sp³-hybridized carbons (Fsp3) is 0.556. The van der Waals surface area contributed by atoms with E-state index in [2.05, 4.69) is 16.5 Å². The monoisotopic (exact) mass is 178 g/mol. The Labute approximate surface area is 78.2 Å². The van der Waals surface area contributed by atoms with Gasteiger partial charge in [-0.15, -0.1) is 0 Å². The molecule has 0 radical (unpaired) electrons. The van der Waals surface area contributed by atoms with Crippen LogP contribution >= 0.6 is 0 Å². The average molecular weight is 178 g/mol. The van der Waals surface area contributed by atoms with E-state index in [0.717, 1.165) is 12.2 Å². The molecule has 0 aliphatic carbocycles. The molecule has 0 aromatic carbocycles. The van der Waals surface area contributed by atoms with Gasteiger partial charge in [0.2, 0.25) is 0 Å². The molecule has 1 unspecified atom stereocenters. The van der Waals surface area contributed by atoms with E-state index in [-0.39, 0.29) is 5.92 Å². The van der Waals surface area contributed by atoms with Gasteiger partial charge < -0.3 is 5.32 Å². The summed E-state index contributed by atoms with van der Waals surface area (Å²) in [5, 5.41) is 15.9. The lowest BCUT2D eigenvalue weighted by molar-refractivity contribution is 0.589. The third kappa shape index (κ3) is 3.26. The molecule has 0 amide bonds. The van der Waals surface area contributed by atoms with Crippen molar-refractivity contribution >= 4 is 0 Å². The Hall–Kier alpha value is -1.34. The van der Waals surface area contributed by atoms with Gasteiger partial charge in [-0.2, -0.15) is 10.4 Å². The van der Waals surface area contributed by atoms with Crippen LogP contribution < -0.4 is 5.32 Å². The molecule has 0 saturated carbocycles. The van der Waals surface area contributed by atoms with Crippen LogP contribution in [-0.4, -0.2) is 16.3 Å². The molecule has 0 aliphatic heterocycles. The van der Waals surface area contributed by atoms with Crippen LogP contribution in [0.5, 0.6) is 0 Å². The molecule has 0 fully saturated rings. The van der Waals surface area contributed by atoms with Crippen molar-refractivity contribution in [3.05, 3.63) is 18.0 Å². The van der Waals surface area contributed by atoms with E-state index in [9.17, 15) is 0 Å². The number of rotatable bonds is 4. The first kappa shape index (κ1) is 9.75. The van der Waals surface area contributed by atoms with Gasteiger partial charge in [0.1, 0.15) is 0 Å². The number of nitriles is 1. The van der Waals surface area contributed by atoms with E-state index < -0.39 is 0 Å². The summed E-state index contributed by atoms with van der Waals surface area (Å²) in [7, 11) is 1.89. The molecule has 0 bridgehead atoms. The molecule has 1 atom stereocenters. The van der Waals surface area contributed by atoms with E-state index in [0.29, 0.717) is 6.54 Å². The van der Waals surface area contributed by atoms with Gasteiger partial charge in [-0.1, -0.05) is 0 Å². The maximum absolute atomic E-state index is 8.53. The van der Waals surface area contributed by atoms with E-state index >= 15 is 0 Å². The molecular formula is C9H14N4. The normalized spacial score (nSPS) is 12.4. The lowest BCUT2D eigenvalue weighted by Gasteiger charge is -2.02. The van der Waals surface area contributed by atoms with Crippen LogP contribution in [0.25, 0.3) is 0 Å². The Balaban J connectivity index is 2.25. The number of nitrogens with one attached hydrogen (secondary N) is 1. The van der Waals surface area contributed by atoms with Gasteiger partial charge in [0.25, 0.3) is 0 Å². The van der Waals surface area contributed by atoms with Crippen LogP contribution in [0.1, 0.15) is 12.6 Å². The molecule has 1 aromatic rings. The smallest absolute Gasteiger partial charge is 0.0762 e.